The summed E-state index contributed by atoms with van der Waals surface area (Å²) in [4.78, 5) is 12.5. The lowest BCUT2D eigenvalue weighted by Gasteiger charge is -2.33. The maximum absolute atomic E-state index is 8.91. The van der Waals surface area contributed by atoms with Crippen molar-refractivity contribution in [3.05, 3.63) is 12.4 Å². The molecule has 0 fully saturated rings. The van der Waals surface area contributed by atoms with Gasteiger partial charge in [-0.15, -0.1) is 0 Å². The monoisotopic (exact) mass is 238 g/mol. The molecule has 5 heteroatoms. The Balaban J connectivity index is 2.93. The van der Waals surface area contributed by atoms with Gasteiger partial charge >= 0.3 is 0 Å². The molecule has 0 spiro atoms. The zero-order valence-electron chi connectivity index (χ0n) is 11.3. The van der Waals surface area contributed by atoms with Crippen molar-refractivity contribution in [1.29, 1.82) is 0 Å². The number of likely N-dealkylation sites (N-methyl/N-ethyl adjacent to an activating group) is 1. The second-order valence-electron chi connectivity index (χ2n) is 5.11. The van der Waals surface area contributed by atoms with Gasteiger partial charge in [-0.25, -0.2) is 9.97 Å². The van der Waals surface area contributed by atoms with E-state index in [0.29, 0.717) is 6.54 Å². The van der Waals surface area contributed by atoms with Crippen molar-refractivity contribution in [2.75, 3.05) is 37.0 Å². The Bertz CT molecular complexity index is 362. The number of nitrogens with zero attached hydrogens (tertiary/aromatic N) is 4. The molecule has 0 radical (unpaired) electrons. The van der Waals surface area contributed by atoms with Crippen molar-refractivity contribution in [2.24, 2.45) is 0 Å². The van der Waals surface area contributed by atoms with Crippen LogP contribution in [0.5, 0.6) is 0 Å². The highest BCUT2D eigenvalue weighted by Crippen LogP contribution is 2.21. The van der Waals surface area contributed by atoms with Crippen LogP contribution < -0.4 is 9.80 Å². The maximum Gasteiger partial charge on any atom is 0.134 e. The van der Waals surface area contributed by atoms with Gasteiger partial charge in [0.25, 0.3) is 0 Å². The van der Waals surface area contributed by atoms with Gasteiger partial charge in [0.05, 0.1) is 6.61 Å². The Kier molecular flexibility index (Phi) is 4.28. The molecule has 1 N–H and O–H groups in total. The number of rotatable bonds is 4. The lowest BCUT2D eigenvalue weighted by atomic mass is 10.1. The SMILES string of the molecule is CN(CCO)c1cc(N(C)C(C)(C)C)ncn1. The molecule has 1 heterocycles. The molecule has 0 saturated carbocycles. The zero-order chi connectivity index (χ0) is 13.1. The normalized spacial score (nSPS) is 11.4. The molecule has 1 rings (SSSR count). The fourth-order valence-corrected chi connectivity index (χ4v) is 1.34. The predicted molar refractivity (Wildman–Crippen MR) is 70.5 cm³/mol. The zero-order valence-corrected chi connectivity index (χ0v) is 11.3. The highest BCUT2D eigenvalue weighted by atomic mass is 16.3. The average molecular weight is 238 g/mol. The third-order valence-corrected chi connectivity index (χ3v) is 2.81. The molecule has 0 aliphatic rings. The molecule has 1 aromatic heterocycles. The van der Waals surface area contributed by atoms with Crippen molar-refractivity contribution < 1.29 is 5.11 Å². The lowest BCUT2D eigenvalue weighted by Crippen LogP contribution is -2.38. The molecule has 5 nitrogen and oxygen atoms in total. The van der Waals surface area contributed by atoms with Crippen molar-refractivity contribution in [3.8, 4) is 0 Å². The molecule has 0 aromatic carbocycles. The Labute approximate surface area is 103 Å². The number of aliphatic hydroxyl groups is 1. The van der Waals surface area contributed by atoms with E-state index < -0.39 is 0 Å². The second-order valence-corrected chi connectivity index (χ2v) is 5.11. The van der Waals surface area contributed by atoms with Gasteiger partial charge in [0.1, 0.15) is 18.0 Å². The number of aromatic nitrogens is 2. The summed E-state index contributed by atoms with van der Waals surface area (Å²) >= 11 is 0. The molecule has 0 atom stereocenters. The van der Waals surface area contributed by atoms with E-state index in [0.717, 1.165) is 11.6 Å². The Morgan fingerprint density at radius 2 is 1.76 bits per heavy atom. The third kappa shape index (κ3) is 3.56. The standard InChI is InChI=1S/C12H22N4O/c1-12(2,3)16(5)11-8-10(13-9-14-11)15(4)6-7-17/h8-9,17H,6-7H2,1-5H3. The molecule has 0 saturated heterocycles. The van der Waals surface area contributed by atoms with E-state index >= 15 is 0 Å². The summed E-state index contributed by atoms with van der Waals surface area (Å²) < 4.78 is 0. The minimum atomic E-state index is 0.0151. The topological polar surface area (TPSA) is 52.5 Å². The lowest BCUT2D eigenvalue weighted by molar-refractivity contribution is 0.304. The van der Waals surface area contributed by atoms with Crippen LogP contribution in [0.2, 0.25) is 0 Å². The summed E-state index contributed by atoms with van der Waals surface area (Å²) in [6.45, 7) is 7.07. The van der Waals surface area contributed by atoms with Crippen LogP contribution in [0, 0.1) is 0 Å². The first-order valence-corrected chi connectivity index (χ1v) is 5.74. The summed E-state index contributed by atoms with van der Waals surface area (Å²) in [5, 5.41) is 8.91. The molecular weight excluding hydrogens is 216 g/mol. The van der Waals surface area contributed by atoms with Crippen LogP contribution in [0.25, 0.3) is 0 Å². The molecule has 96 valence electrons. The van der Waals surface area contributed by atoms with Crippen LogP contribution in [0.3, 0.4) is 0 Å². The van der Waals surface area contributed by atoms with Gasteiger partial charge in [-0.2, -0.15) is 0 Å². The van der Waals surface area contributed by atoms with Gasteiger partial charge in [-0.3, -0.25) is 0 Å². The van der Waals surface area contributed by atoms with E-state index in [1.54, 1.807) is 6.33 Å². The van der Waals surface area contributed by atoms with E-state index in [4.69, 9.17) is 5.11 Å². The molecular formula is C12H22N4O. The smallest absolute Gasteiger partial charge is 0.134 e. The molecule has 0 aliphatic heterocycles. The third-order valence-electron chi connectivity index (χ3n) is 2.81. The Hall–Kier alpha value is -1.36. The first kappa shape index (κ1) is 13.7. The van der Waals surface area contributed by atoms with Crippen LogP contribution >= 0.6 is 0 Å². The van der Waals surface area contributed by atoms with Gasteiger partial charge in [0, 0.05) is 32.2 Å². The van der Waals surface area contributed by atoms with Crippen molar-refractivity contribution in [3.63, 3.8) is 0 Å². The summed E-state index contributed by atoms with van der Waals surface area (Å²) in [6, 6.07) is 1.93. The minimum Gasteiger partial charge on any atom is -0.395 e. The molecule has 1 aromatic rings. The maximum atomic E-state index is 8.91. The van der Waals surface area contributed by atoms with E-state index in [9.17, 15) is 0 Å². The summed E-state index contributed by atoms with van der Waals surface area (Å²) in [5.41, 5.74) is 0.0151. The summed E-state index contributed by atoms with van der Waals surface area (Å²) in [6.07, 6.45) is 1.56. The predicted octanol–water partition coefficient (Wildman–Crippen LogP) is 1.14. The van der Waals surface area contributed by atoms with Crippen LogP contribution in [-0.4, -0.2) is 47.9 Å². The van der Waals surface area contributed by atoms with E-state index in [1.807, 2.05) is 25.1 Å². The van der Waals surface area contributed by atoms with Crippen molar-refractivity contribution in [2.45, 2.75) is 26.3 Å². The number of aliphatic hydroxyl groups excluding tert-OH is 1. The number of hydrogen-bond acceptors (Lipinski definition) is 5. The van der Waals surface area contributed by atoms with Gasteiger partial charge in [0.2, 0.25) is 0 Å². The summed E-state index contributed by atoms with van der Waals surface area (Å²) in [5.74, 6) is 1.70. The van der Waals surface area contributed by atoms with E-state index in [-0.39, 0.29) is 12.1 Å². The Morgan fingerprint density at radius 1 is 1.18 bits per heavy atom. The highest BCUT2D eigenvalue weighted by molar-refractivity contribution is 5.50. The Morgan fingerprint density at radius 3 is 2.29 bits per heavy atom. The average Bonchev–Trinajstić information content (AvgIpc) is 2.27. The molecule has 0 unspecified atom stereocenters. The van der Waals surface area contributed by atoms with E-state index in [2.05, 4.69) is 35.6 Å². The van der Waals surface area contributed by atoms with E-state index in [1.165, 1.54) is 0 Å². The van der Waals surface area contributed by atoms with Gasteiger partial charge < -0.3 is 14.9 Å². The molecule has 17 heavy (non-hydrogen) atoms. The molecule has 0 aliphatic carbocycles. The van der Waals surface area contributed by atoms with Crippen LogP contribution in [0.1, 0.15) is 20.8 Å². The molecule has 0 bridgehead atoms. The fraction of sp³-hybridized carbons (Fsp3) is 0.667. The van der Waals surface area contributed by atoms with Crippen LogP contribution in [0.4, 0.5) is 11.6 Å². The molecule has 0 amide bonds. The highest BCUT2D eigenvalue weighted by Gasteiger charge is 2.19. The quantitative estimate of drug-likeness (QED) is 0.852. The minimum absolute atomic E-state index is 0.0151. The first-order chi connectivity index (χ1) is 7.86. The summed E-state index contributed by atoms with van der Waals surface area (Å²) in [7, 11) is 3.91. The van der Waals surface area contributed by atoms with Gasteiger partial charge in [-0.1, -0.05) is 0 Å². The van der Waals surface area contributed by atoms with Crippen LogP contribution in [0.15, 0.2) is 12.4 Å². The van der Waals surface area contributed by atoms with Crippen molar-refractivity contribution >= 4 is 11.6 Å². The van der Waals surface area contributed by atoms with Gasteiger partial charge in [-0.05, 0) is 20.8 Å². The van der Waals surface area contributed by atoms with Gasteiger partial charge in [0.15, 0.2) is 0 Å². The number of anilines is 2. The largest absolute Gasteiger partial charge is 0.395 e. The second kappa shape index (κ2) is 5.31. The first-order valence-electron chi connectivity index (χ1n) is 5.74. The fourth-order valence-electron chi connectivity index (χ4n) is 1.34. The number of hydrogen-bond donors (Lipinski definition) is 1. The van der Waals surface area contributed by atoms with Crippen molar-refractivity contribution in [1.82, 2.24) is 9.97 Å². The van der Waals surface area contributed by atoms with Crippen LogP contribution in [-0.2, 0) is 0 Å².